The van der Waals surface area contributed by atoms with Crippen molar-refractivity contribution in [3.8, 4) is 5.88 Å². The number of nitrogens with zero attached hydrogens (tertiary/aromatic N) is 2. The van der Waals surface area contributed by atoms with Gasteiger partial charge in [-0.05, 0) is 5.56 Å². The molecule has 0 spiro atoms. The normalized spacial score (nSPS) is 10.7. The molecule has 2 aromatic heterocycles. The van der Waals surface area contributed by atoms with Gasteiger partial charge >= 0.3 is 5.69 Å². The van der Waals surface area contributed by atoms with Crippen molar-refractivity contribution in [3.63, 3.8) is 0 Å². The molecule has 0 aliphatic heterocycles. The zero-order valence-electron chi connectivity index (χ0n) is 9.88. The number of aromatic amines is 2. The van der Waals surface area contributed by atoms with E-state index in [-0.39, 0.29) is 17.5 Å². The molecule has 96 valence electrons. The Morgan fingerprint density at radius 2 is 1.95 bits per heavy atom. The molecule has 0 aliphatic carbocycles. The van der Waals surface area contributed by atoms with Gasteiger partial charge in [-0.1, -0.05) is 30.3 Å². The summed E-state index contributed by atoms with van der Waals surface area (Å²) in [5.74, 6) is 0.301. The Labute approximate surface area is 107 Å². The van der Waals surface area contributed by atoms with Gasteiger partial charge < -0.3 is 10.5 Å². The van der Waals surface area contributed by atoms with Crippen LogP contribution in [0.2, 0.25) is 0 Å². The molecule has 0 aliphatic rings. The Hall–Kier alpha value is -2.83. The third kappa shape index (κ3) is 2.25. The number of hydrogen-bond acceptors (Lipinski definition) is 5. The lowest BCUT2D eigenvalue weighted by Crippen LogP contribution is -2.02. The average molecular weight is 257 g/mol. The quantitative estimate of drug-likeness (QED) is 0.643. The first-order chi connectivity index (χ1) is 9.22. The maximum Gasteiger partial charge on any atom is 0.325 e. The van der Waals surface area contributed by atoms with E-state index in [4.69, 9.17) is 10.5 Å². The van der Waals surface area contributed by atoms with Gasteiger partial charge in [0.2, 0.25) is 11.8 Å². The number of benzene rings is 1. The number of anilines is 1. The van der Waals surface area contributed by atoms with E-state index in [1.165, 1.54) is 0 Å². The van der Waals surface area contributed by atoms with Gasteiger partial charge in [0.05, 0.1) is 0 Å². The first-order valence-corrected chi connectivity index (χ1v) is 5.64. The van der Waals surface area contributed by atoms with Crippen molar-refractivity contribution >= 4 is 17.1 Å². The van der Waals surface area contributed by atoms with E-state index in [1.807, 2.05) is 30.3 Å². The second kappa shape index (κ2) is 4.45. The summed E-state index contributed by atoms with van der Waals surface area (Å²) in [6.45, 7) is 0.333. The third-order valence-corrected chi connectivity index (χ3v) is 2.58. The molecule has 0 radical (unpaired) electrons. The Morgan fingerprint density at radius 1 is 1.16 bits per heavy atom. The van der Waals surface area contributed by atoms with Crippen LogP contribution in [-0.2, 0) is 6.61 Å². The maximum atomic E-state index is 11.3. The maximum absolute atomic E-state index is 11.3. The van der Waals surface area contributed by atoms with Gasteiger partial charge in [0, 0.05) is 0 Å². The Kier molecular flexibility index (Phi) is 2.64. The minimum Gasteiger partial charge on any atom is -0.471 e. The standard InChI is InChI=1S/C12H11N5O2/c13-11-15-9-8(14-12(18)16-9)10(17-11)19-6-7-4-2-1-3-5-7/h1-5H,6H2,(H4,13,14,15,16,17,18). The zero-order chi connectivity index (χ0) is 13.2. The highest BCUT2D eigenvalue weighted by Crippen LogP contribution is 2.19. The predicted octanol–water partition coefficient (Wildman–Crippen LogP) is 0.807. The largest absolute Gasteiger partial charge is 0.471 e. The number of H-pyrrole nitrogens is 2. The summed E-state index contributed by atoms with van der Waals surface area (Å²) in [7, 11) is 0. The Balaban J connectivity index is 1.94. The van der Waals surface area contributed by atoms with Crippen LogP contribution in [-0.4, -0.2) is 19.9 Å². The lowest BCUT2D eigenvalue weighted by Gasteiger charge is -2.06. The first-order valence-electron chi connectivity index (χ1n) is 5.64. The third-order valence-electron chi connectivity index (χ3n) is 2.58. The number of fused-ring (bicyclic) bond motifs is 1. The van der Waals surface area contributed by atoms with Gasteiger partial charge in [0.25, 0.3) is 0 Å². The van der Waals surface area contributed by atoms with E-state index < -0.39 is 0 Å². The second-order valence-corrected chi connectivity index (χ2v) is 3.96. The summed E-state index contributed by atoms with van der Waals surface area (Å²) < 4.78 is 5.58. The monoisotopic (exact) mass is 257 g/mol. The predicted molar refractivity (Wildman–Crippen MR) is 69.7 cm³/mol. The van der Waals surface area contributed by atoms with Crippen molar-refractivity contribution in [1.29, 1.82) is 0 Å². The number of nitrogens with two attached hydrogens (primary N) is 1. The number of nitrogens with one attached hydrogen (secondary N) is 2. The summed E-state index contributed by atoms with van der Waals surface area (Å²) in [5, 5.41) is 0. The van der Waals surface area contributed by atoms with Crippen molar-refractivity contribution in [2.24, 2.45) is 0 Å². The lowest BCUT2D eigenvalue weighted by molar-refractivity contribution is 0.297. The van der Waals surface area contributed by atoms with Gasteiger partial charge in [0.15, 0.2) is 5.65 Å². The molecule has 2 heterocycles. The molecule has 0 atom stereocenters. The minimum atomic E-state index is -0.375. The van der Waals surface area contributed by atoms with Crippen LogP contribution in [0.25, 0.3) is 11.2 Å². The van der Waals surface area contributed by atoms with Crippen LogP contribution in [0, 0.1) is 0 Å². The average Bonchev–Trinajstić information content (AvgIpc) is 2.77. The fourth-order valence-electron chi connectivity index (χ4n) is 1.74. The molecule has 0 amide bonds. The molecule has 19 heavy (non-hydrogen) atoms. The van der Waals surface area contributed by atoms with Crippen LogP contribution in [0.5, 0.6) is 5.88 Å². The Bertz CT molecular complexity index is 763. The molecule has 0 unspecified atom stereocenters. The lowest BCUT2D eigenvalue weighted by atomic mass is 10.2. The summed E-state index contributed by atoms with van der Waals surface area (Å²) in [4.78, 5) is 24.2. The first kappa shape index (κ1) is 11.3. The van der Waals surface area contributed by atoms with E-state index in [1.54, 1.807) is 0 Å². The van der Waals surface area contributed by atoms with E-state index in [0.717, 1.165) is 5.56 Å². The molecule has 0 bridgehead atoms. The van der Waals surface area contributed by atoms with Crippen LogP contribution in [0.4, 0.5) is 5.95 Å². The van der Waals surface area contributed by atoms with Crippen molar-refractivity contribution in [2.75, 3.05) is 5.73 Å². The molecule has 0 saturated heterocycles. The molecule has 3 aromatic rings. The van der Waals surface area contributed by atoms with E-state index in [0.29, 0.717) is 17.8 Å². The van der Waals surface area contributed by atoms with Crippen LogP contribution >= 0.6 is 0 Å². The van der Waals surface area contributed by atoms with Gasteiger partial charge in [-0.25, -0.2) is 4.79 Å². The van der Waals surface area contributed by atoms with Crippen molar-refractivity contribution in [3.05, 3.63) is 46.4 Å². The van der Waals surface area contributed by atoms with Crippen LogP contribution in [0.3, 0.4) is 0 Å². The molecule has 7 nitrogen and oxygen atoms in total. The summed E-state index contributed by atoms with van der Waals surface area (Å²) >= 11 is 0. The Morgan fingerprint density at radius 3 is 2.74 bits per heavy atom. The fourth-order valence-corrected chi connectivity index (χ4v) is 1.74. The van der Waals surface area contributed by atoms with Crippen molar-refractivity contribution in [2.45, 2.75) is 6.61 Å². The molecule has 3 rings (SSSR count). The van der Waals surface area contributed by atoms with E-state index in [9.17, 15) is 4.79 Å². The molecule has 0 fully saturated rings. The van der Waals surface area contributed by atoms with Gasteiger partial charge in [-0.3, -0.25) is 9.97 Å². The van der Waals surface area contributed by atoms with Crippen LogP contribution in [0.15, 0.2) is 35.1 Å². The SMILES string of the molecule is Nc1nc(OCc2ccccc2)c2[nH]c(=O)[nH]c2n1. The minimum absolute atomic E-state index is 0.0470. The highest BCUT2D eigenvalue weighted by atomic mass is 16.5. The number of hydrogen-bond donors (Lipinski definition) is 3. The van der Waals surface area contributed by atoms with Crippen LogP contribution in [0.1, 0.15) is 5.56 Å². The summed E-state index contributed by atoms with van der Waals surface area (Å²) in [6.07, 6.45) is 0. The number of imidazole rings is 1. The van der Waals surface area contributed by atoms with Gasteiger partial charge in [0.1, 0.15) is 12.1 Å². The molecule has 1 aromatic carbocycles. The van der Waals surface area contributed by atoms with Gasteiger partial charge in [-0.2, -0.15) is 9.97 Å². The highest BCUT2D eigenvalue weighted by molar-refractivity contribution is 5.76. The summed E-state index contributed by atoms with van der Waals surface area (Å²) in [5.41, 5.74) is 6.93. The summed E-state index contributed by atoms with van der Waals surface area (Å²) in [6, 6.07) is 9.62. The van der Waals surface area contributed by atoms with E-state index in [2.05, 4.69) is 19.9 Å². The fraction of sp³-hybridized carbons (Fsp3) is 0.0833. The topological polar surface area (TPSA) is 110 Å². The molecule has 7 heteroatoms. The number of ether oxygens (including phenoxy) is 1. The number of rotatable bonds is 3. The van der Waals surface area contributed by atoms with E-state index >= 15 is 0 Å². The second-order valence-electron chi connectivity index (χ2n) is 3.96. The van der Waals surface area contributed by atoms with Crippen molar-refractivity contribution in [1.82, 2.24) is 19.9 Å². The number of aromatic nitrogens is 4. The van der Waals surface area contributed by atoms with Crippen molar-refractivity contribution < 1.29 is 4.74 Å². The van der Waals surface area contributed by atoms with Crippen LogP contribution < -0.4 is 16.2 Å². The highest BCUT2D eigenvalue weighted by Gasteiger charge is 2.10. The molecular weight excluding hydrogens is 246 g/mol. The number of nitrogen functional groups attached to an aromatic ring is 1. The zero-order valence-corrected chi connectivity index (χ0v) is 9.88. The van der Waals surface area contributed by atoms with Gasteiger partial charge in [-0.15, -0.1) is 0 Å². The smallest absolute Gasteiger partial charge is 0.325 e. The molecule has 4 N–H and O–H groups in total. The molecule has 0 saturated carbocycles. The molecular formula is C12H11N5O2.